The summed E-state index contributed by atoms with van der Waals surface area (Å²) in [4.78, 5) is 22.2. The molecule has 0 amide bonds. The number of carbonyl (C=O) groups is 1. The molecule has 76 valence electrons. The third-order valence-corrected chi connectivity index (χ3v) is 2.45. The quantitative estimate of drug-likeness (QED) is 0.819. The molecule has 15 heavy (non-hydrogen) atoms. The average molecular weight is 269 g/mol. The molecule has 0 aliphatic carbocycles. The van der Waals surface area contributed by atoms with E-state index in [1.54, 1.807) is 18.2 Å². The van der Waals surface area contributed by atoms with E-state index >= 15 is 0 Å². The van der Waals surface area contributed by atoms with Crippen molar-refractivity contribution in [1.29, 1.82) is 0 Å². The van der Waals surface area contributed by atoms with Crippen molar-refractivity contribution < 1.29 is 9.90 Å². The van der Waals surface area contributed by atoms with Crippen molar-refractivity contribution in [2.45, 2.75) is 0 Å². The minimum absolute atomic E-state index is 0.161. The van der Waals surface area contributed by atoms with Crippen molar-refractivity contribution in [3.05, 3.63) is 38.7 Å². The third-order valence-electron chi connectivity index (χ3n) is 1.95. The van der Waals surface area contributed by atoms with Gasteiger partial charge in [0, 0.05) is 9.86 Å². The summed E-state index contributed by atoms with van der Waals surface area (Å²) in [6.45, 7) is 0. The van der Waals surface area contributed by atoms with Crippen LogP contribution < -0.4 is 5.56 Å². The van der Waals surface area contributed by atoms with E-state index in [0.29, 0.717) is 15.2 Å². The first-order chi connectivity index (χ1) is 7.09. The number of carboxylic acid groups (broad SMARTS) is 1. The molecular formula is C9H5BrN2O3. The van der Waals surface area contributed by atoms with E-state index in [0.717, 1.165) is 0 Å². The van der Waals surface area contributed by atoms with Crippen LogP contribution in [0.1, 0.15) is 10.5 Å². The molecule has 2 aromatic rings. The lowest BCUT2D eigenvalue weighted by atomic mass is 10.1. The van der Waals surface area contributed by atoms with Crippen LogP contribution in [0.25, 0.3) is 10.8 Å². The van der Waals surface area contributed by atoms with Gasteiger partial charge in [-0.15, -0.1) is 0 Å². The number of hydrogen-bond donors (Lipinski definition) is 2. The first-order valence-electron chi connectivity index (χ1n) is 4.01. The first kappa shape index (κ1) is 9.85. The number of hydrogen-bond acceptors (Lipinski definition) is 3. The molecule has 0 radical (unpaired) electrons. The first-order valence-corrected chi connectivity index (χ1v) is 4.80. The topological polar surface area (TPSA) is 83.0 Å². The van der Waals surface area contributed by atoms with Crippen LogP contribution in [0.3, 0.4) is 0 Å². The Morgan fingerprint density at radius 1 is 1.40 bits per heavy atom. The van der Waals surface area contributed by atoms with Gasteiger partial charge in [0.15, 0.2) is 5.69 Å². The average Bonchev–Trinajstić information content (AvgIpc) is 2.17. The van der Waals surface area contributed by atoms with E-state index in [4.69, 9.17) is 5.11 Å². The molecule has 0 unspecified atom stereocenters. The maximum absolute atomic E-state index is 11.3. The lowest BCUT2D eigenvalue weighted by Gasteiger charge is -2.00. The highest BCUT2D eigenvalue weighted by Gasteiger charge is 2.12. The number of carboxylic acids is 1. The van der Waals surface area contributed by atoms with E-state index in [1.807, 2.05) is 0 Å². The Bertz CT molecular complexity index is 606. The fraction of sp³-hybridized carbons (Fsp3) is 0. The molecule has 0 atom stereocenters. The molecule has 1 aromatic heterocycles. The summed E-state index contributed by atoms with van der Waals surface area (Å²) in [5.74, 6) is -1.17. The number of aromatic nitrogens is 2. The van der Waals surface area contributed by atoms with Gasteiger partial charge >= 0.3 is 5.97 Å². The molecule has 0 saturated carbocycles. The predicted octanol–water partition coefficient (Wildman–Crippen LogP) is 1.38. The Morgan fingerprint density at radius 3 is 2.80 bits per heavy atom. The number of fused-ring (bicyclic) bond motifs is 1. The van der Waals surface area contributed by atoms with Gasteiger partial charge in [-0.3, -0.25) is 4.79 Å². The van der Waals surface area contributed by atoms with Gasteiger partial charge in [-0.25, -0.2) is 9.89 Å². The van der Waals surface area contributed by atoms with Crippen molar-refractivity contribution in [3.8, 4) is 0 Å². The van der Waals surface area contributed by atoms with E-state index in [-0.39, 0.29) is 5.69 Å². The van der Waals surface area contributed by atoms with E-state index in [9.17, 15) is 9.59 Å². The largest absolute Gasteiger partial charge is 0.476 e. The van der Waals surface area contributed by atoms with Crippen molar-refractivity contribution in [3.63, 3.8) is 0 Å². The fourth-order valence-electron chi connectivity index (χ4n) is 1.30. The number of rotatable bonds is 1. The number of aromatic carboxylic acids is 1. The molecular weight excluding hydrogens is 264 g/mol. The summed E-state index contributed by atoms with van der Waals surface area (Å²) in [5, 5.41) is 15.1. The minimum Gasteiger partial charge on any atom is -0.476 e. The molecule has 6 heteroatoms. The number of benzene rings is 1. The van der Waals surface area contributed by atoms with Crippen LogP contribution >= 0.6 is 15.9 Å². The lowest BCUT2D eigenvalue weighted by Crippen LogP contribution is -2.13. The summed E-state index contributed by atoms with van der Waals surface area (Å²) < 4.78 is 0.699. The van der Waals surface area contributed by atoms with Crippen molar-refractivity contribution in [2.24, 2.45) is 0 Å². The van der Waals surface area contributed by atoms with Crippen LogP contribution in [0, 0.1) is 0 Å². The number of H-pyrrole nitrogens is 1. The van der Waals surface area contributed by atoms with Crippen LogP contribution in [0.15, 0.2) is 27.5 Å². The van der Waals surface area contributed by atoms with Gasteiger partial charge in [-0.1, -0.05) is 15.9 Å². The number of aromatic amines is 1. The van der Waals surface area contributed by atoms with Gasteiger partial charge in [0.05, 0.1) is 5.39 Å². The van der Waals surface area contributed by atoms with Gasteiger partial charge in [-0.05, 0) is 18.2 Å². The molecule has 2 N–H and O–H groups in total. The van der Waals surface area contributed by atoms with Crippen LogP contribution in [0.2, 0.25) is 0 Å². The molecule has 0 bridgehead atoms. The molecule has 2 rings (SSSR count). The zero-order chi connectivity index (χ0) is 11.0. The summed E-state index contributed by atoms with van der Waals surface area (Å²) in [7, 11) is 0. The Balaban J connectivity index is 2.96. The second kappa shape index (κ2) is 3.47. The molecule has 1 aromatic carbocycles. The van der Waals surface area contributed by atoms with E-state index < -0.39 is 11.5 Å². The number of nitrogens with one attached hydrogen (secondary N) is 1. The Hall–Kier alpha value is -1.69. The van der Waals surface area contributed by atoms with Gasteiger partial charge in [0.2, 0.25) is 0 Å². The molecule has 0 aliphatic heterocycles. The monoisotopic (exact) mass is 268 g/mol. The summed E-state index contributed by atoms with van der Waals surface area (Å²) in [5.41, 5.74) is -0.562. The molecule has 1 heterocycles. The normalized spacial score (nSPS) is 10.5. The van der Waals surface area contributed by atoms with E-state index in [2.05, 4.69) is 26.1 Å². The Kier molecular flexibility index (Phi) is 2.28. The predicted molar refractivity (Wildman–Crippen MR) is 57.0 cm³/mol. The van der Waals surface area contributed by atoms with Gasteiger partial charge in [0.1, 0.15) is 0 Å². The number of halogens is 1. The molecule has 0 saturated heterocycles. The minimum atomic E-state index is -1.17. The zero-order valence-corrected chi connectivity index (χ0v) is 8.91. The van der Waals surface area contributed by atoms with Gasteiger partial charge < -0.3 is 5.11 Å². The summed E-state index contributed by atoms with van der Waals surface area (Å²) >= 11 is 3.21. The second-order valence-corrected chi connectivity index (χ2v) is 3.81. The lowest BCUT2D eigenvalue weighted by molar-refractivity contribution is 0.0691. The van der Waals surface area contributed by atoms with Crippen molar-refractivity contribution in [1.82, 2.24) is 10.2 Å². The van der Waals surface area contributed by atoms with Crippen LogP contribution in [-0.2, 0) is 0 Å². The van der Waals surface area contributed by atoms with Crippen molar-refractivity contribution >= 4 is 32.7 Å². The third kappa shape index (κ3) is 1.63. The Labute approximate surface area is 91.9 Å². The van der Waals surface area contributed by atoms with Crippen LogP contribution in [0.5, 0.6) is 0 Å². The zero-order valence-electron chi connectivity index (χ0n) is 7.32. The highest BCUT2D eigenvalue weighted by atomic mass is 79.9. The smallest absolute Gasteiger partial charge is 0.356 e. The van der Waals surface area contributed by atoms with E-state index in [1.165, 1.54) is 0 Å². The fourth-order valence-corrected chi connectivity index (χ4v) is 1.66. The second-order valence-electron chi connectivity index (χ2n) is 2.90. The molecule has 0 fully saturated rings. The molecule has 0 spiro atoms. The van der Waals surface area contributed by atoms with Gasteiger partial charge in [-0.2, -0.15) is 5.10 Å². The van der Waals surface area contributed by atoms with Crippen LogP contribution in [-0.4, -0.2) is 21.3 Å². The SMILES string of the molecule is O=C(O)c1n[nH]c(=O)c2ccc(Br)cc12. The maximum Gasteiger partial charge on any atom is 0.356 e. The number of nitrogens with zero attached hydrogens (tertiary/aromatic N) is 1. The molecule has 0 aliphatic rings. The highest BCUT2D eigenvalue weighted by Crippen LogP contribution is 2.18. The summed E-state index contributed by atoms with van der Waals surface area (Å²) in [6.07, 6.45) is 0. The molecule has 5 nitrogen and oxygen atoms in total. The van der Waals surface area contributed by atoms with Gasteiger partial charge in [0.25, 0.3) is 5.56 Å². The standard InChI is InChI=1S/C9H5BrN2O3/c10-4-1-2-5-6(3-4)7(9(14)15)11-12-8(5)13/h1-3H,(H,12,13)(H,14,15). The maximum atomic E-state index is 11.3. The highest BCUT2D eigenvalue weighted by molar-refractivity contribution is 9.10. The van der Waals surface area contributed by atoms with Crippen LogP contribution in [0.4, 0.5) is 0 Å². The summed E-state index contributed by atoms with van der Waals surface area (Å²) in [6, 6.07) is 4.77. The Morgan fingerprint density at radius 2 is 2.13 bits per heavy atom. The van der Waals surface area contributed by atoms with Crippen molar-refractivity contribution in [2.75, 3.05) is 0 Å².